The highest BCUT2D eigenvalue weighted by Crippen LogP contribution is 2.27. The lowest BCUT2D eigenvalue weighted by Gasteiger charge is -2.26. The Morgan fingerprint density at radius 2 is 2.05 bits per heavy atom. The van der Waals surface area contributed by atoms with Crippen molar-refractivity contribution in [3.63, 3.8) is 0 Å². The van der Waals surface area contributed by atoms with Crippen molar-refractivity contribution in [2.45, 2.75) is 19.9 Å². The fourth-order valence-electron chi connectivity index (χ4n) is 4.18. The number of aryl methyl sites for hydroxylation is 1. The lowest BCUT2D eigenvalue weighted by molar-refractivity contribution is -0.125. The molecule has 0 radical (unpaired) electrons. The summed E-state index contributed by atoms with van der Waals surface area (Å²) in [5.41, 5.74) is 4.22. The van der Waals surface area contributed by atoms with E-state index in [1.54, 1.807) is 29.2 Å². The summed E-state index contributed by atoms with van der Waals surface area (Å²) < 4.78 is 7.07. The number of carbonyl (C=O) groups excluding carboxylic acids is 3. The van der Waals surface area contributed by atoms with Gasteiger partial charge in [-0.05, 0) is 60.9 Å². The molecule has 1 aromatic heterocycles. The number of nitrogens with one attached hydrogen (secondary N) is 2. The summed E-state index contributed by atoms with van der Waals surface area (Å²) in [6.45, 7) is 3.29. The van der Waals surface area contributed by atoms with Crippen LogP contribution in [0, 0.1) is 0 Å². The van der Waals surface area contributed by atoms with Crippen molar-refractivity contribution in [2.24, 2.45) is 0 Å². The number of anilines is 2. The summed E-state index contributed by atoms with van der Waals surface area (Å²) in [6, 6.07) is 12.7. The number of aliphatic hydroxyl groups excluding tert-OH is 1. The largest absolute Gasteiger partial charge is 0.396 e. The highest BCUT2D eigenvalue weighted by Gasteiger charge is 2.22. The molecule has 2 aromatic carbocycles. The van der Waals surface area contributed by atoms with Crippen LogP contribution >= 0.6 is 0 Å². The molecule has 1 fully saturated rings. The number of morpholine rings is 1. The number of amides is 3. The summed E-state index contributed by atoms with van der Waals surface area (Å²) in [5, 5.41) is 14.8. The first-order valence-electron chi connectivity index (χ1n) is 12.0. The van der Waals surface area contributed by atoms with Gasteiger partial charge >= 0.3 is 0 Å². The molecule has 37 heavy (non-hydrogen) atoms. The van der Waals surface area contributed by atoms with E-state index < -0.39 is 0 Å². The van der Waals surface area contributed by atoms with E-state index >= 15 is 0 Å². The van der Waals surface area contributed by atoms with Crippen LogP contribution < -0.4 is 15.5 Å². The molecule has 1 aliphatic rings. The summed E-state index contributed by atoms with van der Waals surface area (Å²) >= 11 is 0. The van der Waals surface area contributed by atoms with Gasteiger partial charge in [0.15, 0.2) is 0 Å². The highest BCUT2D eigenvalue weighted by atomic mass is 16.5. The van der Waals surface area contributed by atoms with Gasteiger partial charge in [-0.15, -0.1) is 0 Å². The summed E-state index contributed by atoms with van der Waals surface area (Å²) in [6.07, 6.45) is 6.22. The first-order chi connectivity index (χ1) is 18.0. The fraction of sp³-hybridized carbons (Fsp3) is 0.259. The Labute approximate surface area is 214 Å². The topological polar surface area (TPSA) is 126 Å². The van der Waals surface area contributed by atoms with E-state index in [1.807, 2.05) is 41.8 Å². The van der Waals surface area contributed by atoms with Crippen LogP contribution in [0.2, 0.25) is 0 Å². The van der Waals surface area contributed by atoms with Gasteiger partial charge in [0.1, 0.15) is 6.61 Å². The normalized spacial score (nSPS) is 14.4. The van der Waals surface area contributed by atoms with Crippen LogP contribution in [0.15, 0.2) is 60.8 Å². The molecule has 0 aliphatic carbocycles. The monoisotopic (exact) mass is 503 g/mol. The molecule has 10 nitrogen and oxygen atoms in total. The Bertz CT molecular complexity index is 1360. The van der Waals surface area contributed by atoms with Crippen LogP contribution in [0.4, 0.5) is 11.6 Å². The van der Waals surface area contributed by atoms with Crippen LogP contribution in [0.1, 0.15) is 29.3 Å². The minimum atomic E-state index is -0.337. The number of nitrogens with zero attached hydrogens (tertiary/aromatic N) is 3. The fourth-order valence-corrected chi connectivity index (χ4v) is 4.18. The van der Waals surface area contributed by atoms with Crippen LogP contribution in [-0.4, -0.2) is 59.2 Å². The first kappa shape index (κ1) is 25.8. The number of hydrogen-bond donors (Lipinski definition) is 3. The SMILES string of the molecule is C/C=C(\C=C/NC=O)c1cccc(C(=O)Nc2nc3cc(N4CCOCC4=O)ccc3n2CCCO)c1. The summed E-state index contributed by atoms with van der Waals surface area (Å²) in [7, 11) is 0. The lowest BCUT2D eigenvalue weighted by atomic mass is 10.0. The molecule has 4 rings (SSSR count). The van der Waals surface area contributed by atoms with E-state index in [-0.39, 0.29) is 25.0 Å². The second-order valence-electron chi connectivity index (χ2n) is 8.33. The van der Waals surface area contributed by atoms with Crippen molar-refractivity contribution in [3.05, 3.63) is 71.9 Å². The number of rotatable bonds is 10. The molecule has 1 saturated heterocycles. The molecule has 0 atom stereocenters. The number of aliphatic hydroxyl groups is 1. The van der Waals surface area contributed by atoms with Gasteiger partial charge in [-0.3, -0.25) is 19.7 Å². The molecule has 3 N–H and O–H groups in total. The van der Waals surface area contributed by atoms with Gasteiger partial charge in [0.25, 0.3) is 11.8 Å². The average Bonchev–Trinajstić information content (AvgIpc) is 3.26. The van der Waals surface area contributed by atoms with E-state index in [0.717, 1.165) is 16.7 Å². The molecule has 0 saturated carbocycles. The smallest absolute Gasteiger partial charge is 0.257 e. The van der Waals surface area contributed by atoms with Gasteiger partial charge in [0.2, 0.25) is 12.4 Å². The van der Waals surface area contributed by atoms with Gasteiger partial charge < -0.3 is 24.6 Å². The van der Waals surface area contributed by atoms with Gasteiger partial charge in [0.05, 0.1) is 17.6 Å². The second-order valence-corrected chi connectivity index (χ2v) is 8.33. The molecule has 2 heterocycles. The Balaban J connectivity index is 1.63. The minimum Gasteiger partial charge on any atom is -0.396 e. The Morgan fingerprint density at radius 3 is 2.81 bits per heavy atom. The Morgan fingerprint density at radius 1 is 1.22 bits per heavy atom. The number of benzene rings is 2. The molecule has 192 valence electrons. The van der Waals surface area contributed by atoms with E-state index in [4.69, 9.17) is 4.74 Å². The van der Waals surface area contributed by atoms with E-state index in [0.29, 0.717) is 55.2 Å². The highest BCUT2D eigenvalue weighted by molar-refractivity contribution is 6.05. The van der Waals surface area contributed by atoms with Crippen molar-refractivity contribution in [1.82, 2.24) is 14.9 Å². The molecule has 0 spiro atoms. The Kier molecular flexibility index (Phi) is 8.44. The number of ether oxygens (including phenoxy) is 1. The third-order valence-electron chi connectivity index (χ3n) is 5.99. The number of imidazole rings is 1. The summed E-state index contributed by atoms with van der Waals surface area (Å²) in [4.78, 5) is 42.3. The van der Waals surface area contributed by atoms with Gasteiger partial charge in [-0.25, -0.2) is 4.98 Å². The van der Waals surface area contributed by atoms with Crippen molar-refractivity contribution in [3.8, 4) is 0 Å². The maximum atomic E-state index is 13.2. The average molecular weight is 504 g/mol. The predicted molar refractivity (Wildman–Crippen MR) is 141 cm³/mol. The lowest BCUT2D eigenvalue weighted by Crippen LogP contribution is -2.41. The van der Waals surface area contributed by atoms with Gasteiger partial charge in [0, 0.05) is 37.1 Å². The van der Waals surface area contributed by atoms with Crippen molar-refractivity contribution < 1.29 is 24.2 Å². The number of allylic oxidation sites excluding steroid dienone is 3. The van der Waals surface area contributed by atoms with Gasteiger partial charge in [-0.2, -0.15) is 0 Å². The zero-order valence-electron chi connectivity index (χ0n) is 20.5. The number of fused-ring (bicyclic) bond motifs is 1. The molecule has 0 bridgehead atoms. The molecule has 3 aromatic rings. The number of carbonyl (C=O) groups is 3. The number of aromatic nitrogens is 2. The Hall–Kier alpha value is -4.28. The zero-order valence-corrected chi connectivity index (χ0v) is 20.5. The summed E-state index contributed by atoms with van der Waals surface area (Å²) in [5.74, 6) is -0.0990. The molecular formula is C27H29N5O5. The van der Waals surface area contributed by atoms with Crippen molar-refractivity contribution in [1.29, 1.82) is 0 Å². The van der Waals surface area contributed by atoms with Crippen LogP contribution in [-0.2, 0) is 20.9 Å². The van der Waals surface area contributed by atoms with E-state index in [2.05, 4.69) is 15.6 Å². The van der Waals surface area contributed by atoms with Crippen LogP contribution in [0.25, 0.3) is 16.6 Å². The third kappa shape index (κ3) is 5.93. The molecule has 1 aliphatic heterocycles. The van der Waals surface area contributed by atoms with E-state index in [1.165, 1.54) is 6.20 Å². The second kappa shape index (κ2) is 12.1. The standard InChI is InChI=1S/C27H29N5O5/c1-2-19(9-10-28-18-34)20-5-3-6-21(15-20)26(36)30-27-29-23-16-22(31-12-14-37-17-25(31)35)7-8-24(23)32(27)11-4-13-33/h2-3,5-10,15-16,18,33H,4,11-14,17H2,1H3,(H,28,34)(H,29,30,36)/b10-9-,19-2+. The first-order valence-corrected chi connectivity index (χ1v) is 12.0. The van der Waals surface area contributed by atoms with Crippen molar-refractivity contribution >= 4 is 46.5 Å². The zero-order chi connectivity index (χ0) is 26.2. The quantitative estimate of drug-likeness (QED) is 0.289. The molecule has 0 unspecified atom stereocenters. The molecular weight excluding hydrogens is 474 g/mol. The molecule has 3 amide bonds. The predicted octanol–water partition coefficient (Wildman–Crippen LogP) is 2.70. The number of hydrogen-bond acceptors (Lipinski definition) is 6. The maximum Gasteiger partial charge on any atom is 0.257 e. The van der Waals surface area contributed by atoms with Crippen LogP contribution in [0.3, 0.4) is 0 Å². The molecule has 10 heteroatoms. The van der Waals surface area contributed by atoms with E-state index in [9.17, 15) is 19.5 Å². The third-order valence-corrected chi connectivity index (χ3v) is 5.99. The van der Waals surface area contributed by atoms with Gasteiger partial charge in [-0.1, -0.05) is 18.2 Å². The van der Waals surface area contributed by atoms with Crippen LogP contribution in [0.5, 0.6) is 0 Å². The minimum absolute atomic E-state index is 0.00588. The van der Waals surface area contributed by atoms with Crippen molar-refractivity contribution in [2.75, 3.05) is 36.6 Å². The maximum absolute atomic E-state index is 13.2.